The average molecular weight is 464 g/mol. The Morgan fingerprint density at radius 3 is 2.21 bits per heavy atom. The van der Waals surface area contributed by atoms with E-state index < -0.39 is 10.8 Å². The highest BCUT2D eigenvalue weighted by Gasteiger charge is 2.25. The van der Waals surface area contributed by atoms with Crippen LogP contribution >= 0.6 is 34.8 Å². The van der Waals surface area contributed by atoms with E-state index in [1.54, 1.807) is 48.5 Å². The second-order valence-corrected chi connectivity index (χ2v) is 8.92. The smallest absolute Gasteiger partial charge is 0.228 e. The number of para-hydroxylation sites is 1. The molecule has 1 unspecified atom stereocenters. The zero-order valence-corrected chi connectivity index (χ0v) is 17.9. The summed E-state index contributed by atoms with van der Waals surface area (Å²) in [7, 11) is -1.58. The van der Waals surface area contributed by atoms with Crippen LogP contribution in [0.1, 0.15) is 21.7 Å². The van der Waals surface area contributed by atoms with Crippen molar-refractivity contribution in [3.8, 4) is 0 Å². The van der Waals surface area contributed by atoms with Crippen molar-refractivity contribution >= 4 is 62.4 Å². The van der Waals surface area contributed by atoms with Crippen molar-refractivity contribution in [3.05, 3.63) is 98.7 Å². The molecule has 0 saturated heterocycles. The van der Waals surface area contributed by atoms with E-state index in [4.69, 9.17) is 39.2 Å². The van der Waals surface area contributed by atoms with Gasteiger partial charge in [-0.25, -0.2) is 0 Å². The van der Waals surface area contributed by atoms with Gasteiger partial charge in [-0.1, -0.05) is 59.1 Å². The highest BCUT2D eigenvalue weighted by atomic mass is 35.5. The third-order valence-electron chi connectivity index (χ3n) is 4.43. The van der Waals surface area contributed by atoms with Crippen LogP contribution in [0.15, 0.2) is 76.0 Å². The minimum absolute atomic E-state index is 0.0368. The molecule has 4 aromatic rings. The second kappa shape index (κ2) is 8.33. The first-order chi connectivity index (χ1) is 14.0. The summed E-state index contributed by atoms with van der Waals surface area (Å²) < 4.78 is 19.0. The summed E-state index contributed by atoms with van der Waals surface area (Å²) in [6.45, 7) is 0. The molecule has 0 spiro atoms. The van der Waals surface area contributed by atoms with E-state index in [1.807, 2.05) is 18.2 Å². The molecule has 3 aromatic carbocycles. The molecule has 0 radical (unpaired) electrons. The van der Waals surface area contributed by atoms with E-state index in [1.165, 1.54) is 0 Å². The summed E-state index contributed by atoms with van der Waals surface area (Å²) in [6, 6.07) is 18.7. The number of benzene rings is 3. The van der Waals surface area contributed by atoms with Crippen molar-refractivity contribution in [2.45, 2.75) is 10.6 Å². The number of rotatable bonds is 5. The predicted molar refractivity (Wildman–Crippen MR) is 118 cm³/mol. The van der Waals surface area contributed by atoms with Gasteiger partial charge in [0, 0.05) is 21.5 Å². The summed E-state index contributed by atoms with van der Waals surface area (Å²) in [6.07, 6.45) is 0. The number of halogens is 3. The minimum Gasteiger partial charge on any atom is -0.452 e. The maximum Gasteiger partial charge on any atom is 0.228 e. The average Bonchev–Trinajstić information content (AvgIpc) is 3.06. The van der Waals surface area contributed by atoms with Gasteiger partial charge in [-0.15, -0.1) is 0 Å². The molecule has 1 atom stereocenters. The molecule has 0 bridgehead atoms. The van der Waals surface area contributed by atoms with Crippen molar-refractivity contribution < 1.29 is 13.4 Å². The van der Waals surface area contributed by atoms with Gasteiger partial charge >= 0.3 is 0 Å². The molecule has 7 heteroatoms. The Morgan fingerprint density at radius 1 is 0.862 bits per heavy atom. The van der Waals surface area contributed by atoms with Gasteiger partial charge in [0.15, 0.2) is 5.76 Å². The van der Waals surface area contributed by atoms with E-state index in [0.717, 1.165) is 5.39 Å². The fraction of sp³-hybridized carbons (Fsp3) is 0.0455. The monoisotopic (exact) mass is 462 g/mol. The first-order valence-corrected chi connectivity index (χ1v) is 11.0. The lowest BCUT2D eigenvalue weighted by Gasteiger charge is -2.08. The second-order valence-electron chi connectivity index (χ2n) is 6.28. The van der Waals surface area contributed by atoms with Crippen molar-refractivity contribution in [1.29, 1.82) is 0 Å². The molecular weight excluding hydrogens is 451 g/mol. The van der Waals surface area contributed by atoms with E-state index >= 15 is 0 Å². The van der Waals surface area contributed by atoms with Gasteiger partial charge in [-0.2, -0.15) is 0 Å². The summed E-state index contributed by atoms with van der Waals surface area (Å²) in [5, 5.41) is 1.88. The number of ketones is 1. The molecule has 4 rings (SSSR count). The van der Waals surface area contributed by atoms with E-state index in [0.29, 0.717) is 36.7 Å². The van der Waals surface area contributed by atoms with E-state index in [9.17, 15) is 9.00 Å². The maximum atomic E-state index is 13.1. The molecule has 0 N–H and O–H groups in total. The van der Waals surface area contributed by atoms with Gasteiger partial charge in [-0.3, -0.25) is 9.00 Å². The van der Waals surface area contributed by atoms with Crippen LogP contribution < -0.4 is 0 Å². The number of fused-ring (bicyclic) bond motifs is 1. The fourth-order valence-electron chi connectivity index (χ4n) is 3.06. The van der Waals surface area contributed by atoms with Crippen LogP contribution in [0.3, 0.4) is 0 Å². The van der Waals surface area contributed by atoms with Crippen LogP contribution in [0.5, 0.6) is 0 Å². The molecule has 1 aromatic heterocycles. The summed E-state index contributed by atoms with van der Waals surface area (Å²) in [4.78, 5) is 13.5. The van der Waals surface area contributed by atoms with E-state index in [2.05, 4.69) is 0 Å². The summed E-state index contributed by atoms with van der Waals surface area (Å²) >= 11 is 18.4. The van der Waals surface area contributed by atoms with Gasteiger partial charge in [0.2, 0.25) is 5.78 Å². The molecular formula is C22H13Cl3O3S. The highest BCUT2D eigenvalue weighted by molar-refractivity contribution is 7.84. The van der Waals surface area contributed by atoms with Crippen molar-refractivity contribution in [3.63, 3.8) is 0 Å². The predicted octanol–water partition coefficient (Wildman–Crippen LogP) is 6.93. The van der Waals surface area contributed by atoms with Crippen LogP contribution in [0, 0.1) is 0 Å². The third-order valence-corrected chi connectivity index (χ3v) is 6.99. The molecule has 0 aliphatic heterocycles. The molecule has 0 aliphatic rings. The lowest BCUT2D eigenvalue weighted by atomic mass is 10.0. The lowest BCUT2D eigenvalue weighted by molar-refractivity contribution is 0.101. The van der Waals surface area contributed by atoms with Crippen molar-refractivity contribution in [1.82, 2.24) is 0 Å². The molecule has 0 saturated carbocycles. The van der Waals surface area contributed by atoms with Gasteiger partial charge in [0.1, 0.15) is 5.58 Å². The maximum absolute atomic E-state index is 13.1. The van der Waals surface area contributed by atoms with Crippen molar-refractivity contribution in [2.24, 2.45) is 0 Å². The largest absolute Gasteiger partial charge is 0.452 e. The summed E-state index contributed by atoms with van der Waals surface area (Å²) in [5.41, 5.74) is 1.52. The van der Waals surface area contributed by atoms with Crippen molar-refractivity contribution in [2.75, 3.05) is 0 Å². The minimum atomic E-state index is -1.58. The Hall–Kier alpha value is -2.11. The normalized spacial score (nSPS) is 12.2. The van der Waals surface area contributed by atoms with Crippen LogP contribution in [0.4, 0.5) is 0 Å². The highest BCUT2D eigenvalue weighted by Crippen LogP contribution is 2.33. The molecule has 0 aliphatic carbocycles. The van der Waals surface area contributed by atoms with E-state index in [-0.39, 0.29) is 17.3 Å². The quantitative estimate of drug-likeness (QED) is 0.301. The number of furan rings is 1. The van der Waals surface area contributed by atoms with Gasteiger partial charge in [0.05, 0.1) is 31.5 Å². The third kappa shape index (κ3) is 3.99. The molecule has 146 valence electrons. The van der Waals surface area contributed by atoms with Crippen LogP contribution in [0.25, 0.3) is 11.0 Å². The molecule has 29 heavy (non-hydrogen) atoms. The Labute approximate surface area is 184 Å². The molecule has 3 nitrogen and oxygen atoms in total. The van der Waals surface area contributed by atoms with Crippen LogP contribution in [-0.4, -0.2) is 9.99 Å². The first-order valence-electron chi connectivity index (χ1n) is 8.59. The molecule has 1 heterocycles. The fourth-order valence-corrected chi connectivity index (χ4v) is 5.37. The zero-order valence-electron chi connectivity index (χ0n) is 14.8. The zero-order chi connectivity index (χ0) is 20.5. The standard InChI is InChI=1S/C22H13Cl3O3S/c23-14-10-8-13(9-11-14)20(26)21-16(15-4-1-2-7-19(15)28-21)12-29(27)22-17(24)5-3-6-18(22)25/h1-11H,12H2. The Bertz CT molecular complexity index is 1230. The van der Waals surface area contributed by atoms with Gasteiger partial charge < -0.3 is 4.42 Å². The molecule has 0 amide bonds. The Morgan fingerprint density at radius 2 is 1.52 bits per heavy atom. The summed E-state index contributed by atoms with van der Waals surface area (Å²) in [5.74, 6) is -0.130. The number of hydrogen-bond acceptors (Lipinski definition) is 3. The first kappa shape index (κ1) is 20.2. The topological polar surface area (TPSA) is 47.3 Å². The Kier molecular flexibility index (Phi) is 5.79. The van der Waals surface area contributed by atoms with Crippen LogP contribution in [-0.2, 0) is 16.6 Å². The lowest BCUT2D eigenvalue weighted by Crippen LogP contribution is -2.06. The number of hydrogen-bond donors (Lipinski definition) is 0. The van der Waals surface area contributed by atoms with Gasteiger partial charge in [0.25, 0.3) is 0 Å². The van der Waals surface area contributed by atoms with Crippen LogP contribution in [0.2, 0.25) is 15.1 Å². The number of carbonyl (C=O) groups is 1. The molecule has 0 fully saturated rings. The SMILES string of the molecule is O=C(c1ccc(Cl)cc1)c1oc2ccccc2c1CS(=O)c1c(Cl)cccc1Cl. The van der Waals surface area contributed by atoms with Gasteiger partial charge in [-0.05, 0) is 42.5 Å². The number of carbonyl (C=O) groups excluding carboxylic acids is 1. The Balaban J connectivity index is 1.81.